The van der Waals surface area contributed by atoms with Crippen LogP contribution in [0.2, 0.25) is 10.0 Å². The molecule has 0 saturated carbocycles. The number of nitrogens with one attached hydrogen (secondary N) is 1. The van der Waals surface area contributed by atoms with E-state index >= 15 is 0 Å². The second-order valence-corrected chi connectivity index (χ2v) is 6.28. The van der Waals surface area contributed by atoms with Gasteiger partial charge in [-0.15, -0.1) is 0 Å². The second-order valence-electron chi connectivity index (χ2n) is 5.44. The predicted molar refractivity (Wildman–Crippen MR) is 98.1 cm³/mol. The Labute approximate surface area is 155 Å². The van der Waals surface area contributed by atoms with E-state index in [1.807, 2.05) is 31.2 Å². The van der Waals surface area contributed by atoms with Crippen molar-refractivity contribution in [2.24, 2.45) is 0 Å². The summed E-state index contributed by atoms with van der Waals surface area (Å²) in [7, 11) is 0. The molecule has 0 unspecified atom stereocenters. The lowest BCUT2D eigenvalue weighted by atomic mass is 10.1. The Morgan fingerprint density at radius 3 is 2.80 bits per heavy atom. The molecule has 0 aliphatic carbocycles. The van der Waals surface area contributed by atoms with Crippen LogP contribution in [0.15, 0.2) is 48.8 Å². The van der Waals surface area contributed by atoms with Gasteiger partial charge < -0.3 is 10.1 Å². The molecular formula is C18H15Cl2N3O2. The minimum absolute atomic E-state index is 0.156. The van der Waals surface area contributed by atoms with Gasteiger partial charge in [-0.1, -0.05) is 41.4 Å². The molecule has 0 fully saturated rings. The number of hydrogen-bond acceptors (Lipinski definition) is 4. The summed E-state index contributed by atoms with van der Waals surface area (Å²) in [5, 5.41) is 4.65. The zero-order chi connectivity index (χ0) is 17.8. The number of aromatic nitrogens is 2. The molecule has 0 aliphatic rings. The maximum atomic E-state index is 12.2. The number of amides is 1. The van der Waals surface area contributed by atoms with Gasteiger partial charge in [0.15, 0.2) is 6.61 Å². The minimum atomic E-state index is -0.277. The molecule has 2 aromatic carbocycles. The zero-order valence-electron chi connectivity index (χ0n) is 13.4. The minimum Gasteiger partial charge on any atom is -0.467 e. The molecule has 0 spiro atoms. The van der Waals surface area contributed by atoms with Gasteiger partial charge in [0, 0.05) is 10.0 Å². The lowest BCUT2D eigenvalue weighted by Crippen LogP contribution is -2.31. The molecule has 7 heteroatoms. The van der Waals surface area contributed by atoms with Crippen molar-refractivity contribution in [2.75, 3.05) is 6.61 Å². The largest absolute Gasteiger partial charge is 0.467 e. The van der Waals surface area contributed by atoms with Gasteiger partial charge >= 0.3 is 0 Å². The van der Waals surface area contributed by atoms with Gasteiger partial charge in [0.2, 0.25) is 5.88 Å². The number of rotatable bonds is 5. The second kappa shape index (κ2) is 7.68. The highest BCUT2D eigenvalue weighted by atomic mass is 35.5. The standard InChI is InChI=1S/C18H15Cl2N3O2/c1-11(13-7-6-12(19)8-15(13)20)23-17(24)9-25-18-14-4-2-3-5-16(14)21-10-22-18/h2-8,10-11H,9H2,1H3,(H,23,24)/t11-/m1/s1. The molecule has 1 heterocycles. The Kier molecular flexibility index (Phi) is 5.36. The van der Waals surface area contributed by atoms with E-state index in [0.717, 1.165) is 16.5 Å². The molecule has 1 amide bonds. The summed E-state index contributed by atoms with van der Waals surface area (Å²) in [5.74, 6) is 0.0964. The van der Waals surface area contributed by atoms with Crippen molar-refractivity contribution < 1.29 is 9.53 Å². The number of carbonyl (C=O) groups is 1. The first-order valence-electron chi connectivity index (χ1n) is 7.61. The van der Waals surface area contributed by atoms with Crippen LogP contribution in [0.1, 0.15) is 18.5 Å². The van der Waals surface area contributed by atoms with Crippen LogP contribution in [-0.2, 0) is 4.79 Å². The Hall–Kier alpha value is -2.37. The van der Waals surface area contributed by atoms with E-state index in [4.69, 9.17) is 27.9 Å². The first-order chi connectivity index (χ1) is 12.0. The molecule has 25 heavy (non-hydrogen) atoms. The van der Waals surface area contributed by atoms with E-state index in [9.17, 15) is 4.79 Å². The van der Waals surface area contributed by atoms with Crippen LogP contribution < -0.4 is 10.1 Å². The maximum absolute atomic E-state index is 12.2. The molecule has 0 saturated heterocycles. The van der Waals surface area contributed by atoms with E-state index in [-0.39, 0.29) is 18.6 Å². The Balaban J connectivity index is 1.64. The highest BCUT2D eigenvalue weighted by Gasteiger charge is 2.14. The third-order valence-corrected chi connectivity index (χ3v) is 4.22. The Morgan fingerprint density at radius 2 is 2.00 bits per heavy atom. The van der Waals surface area contributed by atoms with Gasteiger partial charge in [0.05, 0.1) is 16.9 Å². The number of carbonyl (C=O) groups excluding carboxylic acids is 1. The van der Waals surface area contributed by atoms with E-state index in [1.54, 1.807) is 18.2 Å². The summed E-state index contributed by atoms with van der Waals surface area (Å²) < 4.78 is 5.55. The van der Waals surface area contributed by atoms with Crippen LogP contribution in [-0.4, -0.2) is 22.5 Å². The van der Waals surface area contributed by atoms with Crippen molar-refractivity contribution in [3.05, 3.63) is 64.4 Å². The SMILES string of the molecule is C[C@@H](NC(=O)COc1ncnc2ccccc12)c1ccc(Cl)cc1Cl. The van der Waals surface area contributed by atoms with Crippen molar-refractivity contribution >= 4 is 40.0 Å². The fourth-order valence-electron chi connectivity index (χ4n) is 2.44. The highest BCUT2D eigenvalue weighted by Crippen LogP contribution is 2.26. The van der Waals surface area contributed by atoms with Gasteiger partial charge in [-0.25, -0.2) is 9.97 Å². The van der Waals surface area contributed by atoms with Gasteiger partial charge in [-0.2, -0.15) is 0 Å². The molecule has 128 valence electrons. The molecule has 3 rings (SSSR count). The van der Waals surface area contributed by atoms with E-state index in [0.29, 0.717) is 15.9 Å². The number of ether oxygens (including phenoxy) is 1. The summed E-state index contributed by atoms with van der Waals surface area (Å²) in [4.78, 5) is 20.4. The van der Waals surface area contributed by atoms with Crippen molar-refractivity contribution in [3.63, 3.8) is 0 Å². The quantitative estimate of drug-likeness (QED) is 0.725. The van der Waals surface area contributed by atoms with Crippen molar-refractivity contribution in [3.8, 4) is 5.88 Å². The first kappa shape index (κ1) is 17.5. The topological polar surface area (TPSA) is 64.1 Å². The molecular weight excluding hydrogens is 361 g/mol. The normalized spacial score (nSPS) is 12.0. The number of halogens is 2. The van der Waals surface area contributed by atoms with Crippen LogP contribution in [0.3, 0.4) is 0 Å². The zero-order valence-corrected chi connectivity index (χ0v) is 14.9. The maximum Gasteiger partial charge on any atom is 0.258 e. The molecule has 0 radical (unpaired) electrons. The van der Waals surface area contributed by atoms with E-state index in [2.05, 4.69) is 15.3 Å². The van der Waals surface area contributed by atoms with Crippen LogP contribution >= 0.6 is 23.2 Å². The smallest absolute Gasteiger partial charge is 0.258 e. The van der Waals surface area contributed by atoms with Crippen LogP contribution in [0, 0.1) is 0 Å². The molecule has 0 bridgehead atoms. The lowest BCUT2D eigenvalue weighted by molar-refractivity contribution is -0.123. The molecule has 3 aromatic rings. The van der Waals surface area contributed by atoms with Gasteiger partial charge in [0.25, 0.3) is 5.91 Å². The molecule has 5 nitrogen and oxygen atoms in total. The van der Waals surface area contributed by atoms with E-state index < -0.39 is 0 Å². The van der Waals surface area contributed by atoms with E-state index in [1.165, 1.54) is 6.33 Å². The fourth-order valence-corrected chi connectivity index (χ4v) is 3.01. The Bertz CT molecular complexity index is 912. The van der Waals surface area contributed by atoms with Crippen LogP contribution in [0.4, 0.5) is 0 Å². The third kappa shape index (κ3) is 4.18. The average Bonchev–Trinajstić information content (AvgIpc) is 2.59. The van der Waals surface area contributed by atoms with Gasteiger partial charge in [-0.05, 0) is 36.8 Å². The number of para-hydroxylation sites is 1. The first-order valence-corrected chi connectivity index (χ1v) is 8.37. The van der Waals surface area contributed by atoms with Crippen LogP contribution in [0.5, 0.6) is 5.88 Å². The third-order valence-electron chi connectivity index (χ3n) is 3.65. The molecule has 1 aromatic heterocycles. The van der Waals surface area contributed by atoms with Crippen molar-refractivity contribution in [2.45, 2.75) is 13.0 Å². The summed E-state index contributed by atoms with van der Waals surface area (Å²) in [6.45, 7) is 1.68. The Morgan fingerprint density at radius 1 is 1.20 bits per heavy atom. The van der Waals surface area contributed by atoms with Crippen LogP contribution in [0.25, 0.3) is 10.9 Å². The molecule has 1 atom stereocenters. The fraction of sp³-hybridized carbons (Fsp3) is 0.167. The number of nitrogens with zero attached hydrogens (tertiary/aromatic N) is 2. The average molecular weight is 376 g/mol. The summed E-state index contributed by atoms with van der Waals surface area (Å²) in [6.07, 6.45) is 1.41. The number of hydrogen-bond donors (Lipinski definition) is 1. The van der Waals surface area contributed by atoms with Crippen molar-refractivity contribution in [1.29, 1.82) is 0 Å². The lowest BCUT2D eigenvalue weighted by Gasteiger charge is -2.16. The number of fused-ring (bicyclic) bond motifs is 1. The summed E-state index contributed by atoms with van der Waals surface area (Å²) in [6, 6.07) is 12.3. The monoisotopic (exact) mass is 375 g/mol. The summed E-state index contributed by atoms with van der Waals surface area (Å²) in [5.41, 5.74) is 1.54. The number of benzene rings is 2. The van der Waals surface area contributed by atoms with Crippen molar-refractivity contribution in [1.82, 2.24) is 15.3 Å². The molecule has 0 aliphatic heterocycles. The van der Waals surface area contributed by atoms with Gasteiger partial charge in [-0.3, -0.25) is 4.79 Å². The highest BCUT2D eigenvalue weighted by molar-refractivity contribution is 6.35. The summed E-state index contributed by atoms with van der Waals surface area (Å²) >= 11 is 12.1. The molecule has 1 N–H and O–H groups in total. The van der Waals surface area contributed by atoms with Gasteiger partial charge in [0.1, 0.15) is 6.33 Å². The predicted octanol–water partition coefficient (Wildman–Crippen LogP) is 4.19.